The molecule has 1 aliphatic rings. The summed E-state index contributed by atoms with van der Waals surface area (Å²) in [6, 6.07) is 9.34. The number of hydrogen-bond donors (Lipinski definition) is 1. The van der Waals surface area contributed by atoms with Gasteiger partial charge in [0.2, 0.25) is 0 Å². The minimum atomic E-state index is -0.425. The van der Waals surface area contributed by atoms with Gasteiger partial charge >= 0.3 is 0 Å². The molecular formula is C14H19O. The second kappa shape index (κ2) is 3.97. The van der Waals surface area contributed by atoms with E-state index in [4.69, 9.17) is 0 Å². The molecule has 2 rings (SSSR count). The van der Waals surface area contributed by atoms with E-state index in [2.05, 4.69) is 25.1 Å². The quantitative estimate of drug-likeness (QED) is 0.743. The highest BCUT2D eigenvalue weighted by molar-refractivity contribution is 5.29. The van der Waals surface area contributed by atoms with Crippen LogP contribution in [0, 0.1) is 13.0 Å². The summed E-state index contributed by atoms with van der Waals surface area (Å²) < 4.78 is 0. The highest BCUT2D eigenvalue weighted by Gasteiger charge is 2.29. The van der Waals surface area contributed by atoms with E-state index >= 15 is 0 Å². The Morgan fingerprint density at radius 3 is 2.67 bits per heavy atom. The van der Waals surface area contributed by atoms with Gasteiger partial charge in [0.05, 0.1) is 5.60 Å². The third-order valence-corrected chi connectivity index (χ3v) is 3.62. The number of benzene rings is 1. The van der Waals surface area contributed by atoms with Gasteiger partial charge in [-0.05, 0) is 62.6 Å². The number of aliphatic hydroxyl groups is 1. The van der Waals surface area contributed by atoms with Crippen molar-refractivity contribution in [1.29, 1.82) is 0 Å². The first-order chi connectivity index (χ1) is 7.08. The van der Waals surface area contributed by atoms with Crippen molar-refractivity contribution in [2.45, 2.75) is 51.0 Å². The molecule has 0 saturated heterocycles. The molecule has 0 amide bonds. The van der Waals surface area contributed by atoms with Crippen molar-refractivity contribution in [1.82, 2.24) is 0 Å². The van der Waals surface area contributed by atoms with Gasteiger partial charge in [0, 0.05) is 0 Å². The van der Waals surface area contributed by atoms with Crippen molar-refractivity contribution in [2.75, 3.05) is 0 Å². The van der Waals surface area contributed by atoms with E-state index < -0.39 is 5.60 Å². The van der Waals surface area contributed by atoms with Gasteiger partial charge in [-0.2, -0.15) is 0 Å². The summed E-state index contributed by atoms with van der Waals surface area (Å²) in [5, 5.41) is 9.90. The van der Waals surface area contributed by atoms with Gasteiger partial charge < -0.3 is 5.11 Å². The second-order valence-electron chi connectivity index (χ2n) is 5.05. The first-order valence-corrected chi connectivity index (χ1v) is 5.77. The fourth-order valence-corrected chi connectivity index (χ4v) is 2.53. The summed E-state index contributed by atoms with van der Waals surface area (Å²) in [4.78, 5) is 0. The Hall–Kier alpha value is -0.820. The Morgan fingerprint density at radius 2 is 2.07 bits per heavy atom. The molecule has 1 saturated carbocycles. The van der Waals surface area contributed by atoms with Crippen LogP contribution in [0.25, 0.3) is 0 Å². The van der Waals surface area contributed by atoms with Crippen molar-refractivity contribution in [2.24, 2.45) is 0 Å². The Labute approximate surface area is 92.1 Å². The molecule has 15 heavy (non-hydrogen) atoms. The maximum Gasteiger partial charge on any atom is 0.0620 e. The van der Waals surface area contributed by atoms with Gasteiger partial charge in [-0.15, -0.1) is 0 Å². The lowest BCUT2D eigenvalue weighted by Gasteiger charge is -2.33. The molecule has 1 aliphatic carbocycles. The molecule has 1 heteroatoms. The topological polar surface area (TPSA) is 20.2 Å². The zero-order chi connectivity index (χ0) is 10.9. The molecular weight excluding hydrogens is 184 g/mol. The van der Waals surface area contributed by atoms with Crippen molar-refractivity contribution in [3.8, 4) is 0 Å². The third kappa shape index (κ3) is 2.40. The lowest BCUT2D eigenvalue weighted by molar-refractivity contribution is 0.0171. The maximum absolute atomic E-state index is 9.90. The highest BCUT2D eigenvalue weighted by atomic mass is 16.3. The van der Waals surface area contributed by atoms with Crippen LogP contribution < -0.4 is 0 Å². The molecule has 1 nitrogen and oxygen atoms in total. The van der Waals surface area contributed by atoms with E-state index in [0.29, 0.717) is 5.92 Å². The molecule has 1 aromatic rings. The van der Waals surface area contributed by atoms with Gasteiger partial charge in [-0.3, -0.25) is 0 Å². The fraction of sp³-hybridized carbons (Fsp3) is 0.571. The molecule has 1 fully saturated rings. The minimum Gasteiger partial charge on any atom is -0.390 e. The smallest absolute Gasteiger partial charge is 0.0620 e. The minimum absolute atomic E-state index is 0.425. The van der Waals surface area contributed by atoms with E-state index in [0.717, 1.165) is 25.7 Å². The SMILES string of the molecule is Cc1c[c]ccc1C1CCC(C)(O)CC1. The molecule has 0 aromatic heterocycles. The summed E-state index contributed by atoms with van der Waals surface area (Å²) in [6.07, 6.45) is 4.07. The van der Waals surface area contributed by atoms with Gasteiger partial charge in [0.1, 0.15) is 0 Å². The predicted octanol–water partition coefficient (Wildman–Crippen LogP) is 3.20. The first kappa shape index (κ1) is 10.7. The van der Waals surface area contributed by atoms with Crippen LogP contribution in [0.1, 0.15) is 49.7 Å². The fourth-order valence-electron chi connectivity index (χ4n) is 2.53. The zero-order valence-electron chi connectivity index (χ0n) is 9.59. The van der Waals surface area contributed by atoms with E-state index in [9.17, 15) is 5.11 Å². The van der Waals surface area contributed by atoms with Gasteiger partial charge in [0.25, 0.3) is 0 Å². The van der Waals surface area contributed by atoms with Gasteiger partial charge in [-0.25, -0.2) is 0 Å². The lowest BCUT2D eigenvalue weighted by Crippen LogP contribution is -2.29. The van der Waals surface area contributed by atoms with E-state index in [1.54, 1.807) is 0 Å². The Bertz CT molecular complexity index is 331. The summed E-state index contributed by atoms with van der Waals surface area (Å²) >= 11 is 0. The average molecular weight is 203 g/mol. The maximum atomic E-state index is 9.90. The highest BCUT2D eigenvalue weighted by Crippen LogP contribution is 2.38. The van der Waals surface area contributed by atoms with E-state index in [1.165, 1.54) is 11.1 Å². The molecule has 1 N–H and O–H groups in total. The van der Waals surface area contributed by atoms with Crippen molar-refractivity contribution < 1.29 is 5.11 Å². The van der Waals surface area contributed by atoms with Gasteiger partial charge in [0.15, 0.2) is 0 Å². The molecule has 0 spiro atoms. The number of hydrogen-bond acceptors (Lipinski definition) is 1. The third-order valence-electron chi connectivity index (χ3n) is 3.62. The number of aryl methyl sites for hydroxylation is 1. The largest absolute Gasteiger partial charge is 0.390 e. The van der Waals surface area contributed by atoms with Crippen LogP contribution in [0.4, 0.5) is 0 Å². The average Bonchev–Trinajstić information content (AvgIpc) is 2.19. The van der Waals surface area contributed by atoms with Crippen molar-refractivity contribution in [3.63, 3.8) is 0 Å². The van der Waals surface area contributed by atoms with Crippen LogP contribution in [0.15, 0.2) is 18.2 Å². The van der Waals surface area contributed by atoms with Crippen LogP contribution in [-0.2, 0) is 0 Å². The van der Waals surface area contributed by atoms with Crippen molar-refractivity contribution >= 4 is 0 Å². The molecule has 0 bridgehead atoms. The van der Waals surface area contributed by atoms with Crippen molar-refractivity contribution in [3.05, 3.63) is 35.4 Å². The van der Waals surface area contributed by atoms with Crippen LogP contribution in [0.3, 0.4) is 0 Å². The Kier molecular flexibility index (Phi) is 2.83. The molecule has 0 aliphatic heterocycles. The van der Waals surface area contributed by atoms with Gasteiger partial charge in [-0.1, -0.05) is 18.2 Å². The first-order valence-electron chi connectivity index (χ1n) is 5.77. The van der Waals surface area contributed by atoms with E-state index in [1.807, 2.05) is 13.0 Å². The molecule has 0 unspecified atom stereocenters. The molecule has 1 aromatic carbocycles. The molecule has 0 heterocycles. The zero-order valence-corrected chi connectivity index (χ0v) is 9.59. The van der Waals surface area contributed by atoms with E-state index in [-0.39, 0.29) is 0 Å². The van der Waals surface area contributed by atoms with Crippen LogP contribution >= 0.6 is 0 Å². The monoisotopic (exact) mass is 203 g/mol. The Balaban J connectivity index is 2.11. The molecule has 1 radical (unpaired) electrons. The summed E-state index contributed by atoms with van der Waals surface area (Å²) in [5.74, 6) is 0.639. The molecule has 0 atom stereocenters. The number of rotatable bonds is 1. The van der Waals surface area contributed by atoms with Crippen LogP contribution in [0.2, 0.25) is 0 Å². The predicted molar refractivity (Wildman–Crippen MR) is 61.8 cm³/mol. The summed E-state index contributed by atoms with van der Waals surface area (Å²) in [6.45, 7) is 4.10. The normalized spacial score (nSPS) is 31.5. The standard InChI is InChI=1S/C14H19O/c1-11-5-3-4-6-13(11)12-7-9-14(2,15)10-8-12/h4-6,12,15H,7-10H2,1-2H3. The lowest BCUT2D eigenvalue weighted by atomic mass is 9.76. The molecule has 81 valence electrons. The summed E-state index contributed by atoms with van der Waals surface area (Å²) in [5.41, 5.74) is 2.36. The van der Waals surface area contributed by atoms with Crippen LogP contribution in [-0.4, -0.2) is 10.7 Å². The second-order valence-corrected chi connectivity index (χ2v) is 5.05. The van der Waals surface area contributed by atoms with Crippen LogP contribution in [0.5, 0.6) is 0 Å². The Morgan fingerprint density at radius 1 is 1.40 bits per heavy atom. The summed E-state index contributed by atoms with van der Waals surface area (Å²) in [7, 11) is 0.